The Morgan fingerprint density at radius 1 is 1.11 bits per heavy atom. The van der Waals surface area contributed by atoms with Gasteiger partial charge in [0.25, 0.3) is 0 Å². The van der Waals surface area contributed by atoms with E-state index < -0.39 is 5.97 Å². The summed E-state index contributed by atoms with van der Waals surface area (Å²) < 4.78 is 4.29. The topological polar surface area (TPSA) is 49.8 Å². The van der Waals surface area contributed by atoms with E-state index in [-0.39, 0.29) is 5.54 Å². The molecule has 28 heavy (non-hydrogen) atoms. The summed E-state index contributed by atoms with van der Waals surface area (Å²) in [5.41, 5.74) is 1.07. The van der Waals surface area contributed by atoms with Crippen LogP contribution in [-0.2, 0) is 9.53 Å². The number of benzene rings is 2. The van der Waals surface area contributed by atoms with E-state index in [4.69, 9.17) is 5.11 Å². The first kappa shape index (κ1) is 21.5. The number of aliphatic carboxylic acids is 1. The largest absolute Gasteiger partial charge is 0.504 e. The Morgan fingerprint density at radius 3 is 2.39 bits per heavy atom. The lowest BCUT2D eigenvalue weighted by Gasteiger charge is -2.37. The third-order valence-corrected chi connectivity index (χ3v) is 4.76. The zero-order valence-corrected chi connectivity index (χ0v) is 16.9. The van der Waals surface area contributed by atoms with E-state index in [1.165, 1.54) is 50.2 Å². The van der Waals surface area contributed by atoms with Crippen LogP contribution in [0.1, 0.15) is 38.7 Å². The Hall–Kier alpha value is -2.77. The van der Waals surface area contributed by atoms with Gasteiger partial charge in [-0.1, -0.05) is 48.6 Å². The van der Waals surface area contributed by atoms with E-state index in [2.05, 4.69) is 77.8 Å². The van der Waals surface area contributed by atoms with Crippen LogP contribution in [0.5, 0.6) is 0 Å². The highest BCUT2D eigenvalue weighted by molar-refractivity contribution is 5.83. The molecule has 3 rings (SSSR count). The maximum absolute atomic E-state index is 9.59. The van der Waals surface area contributed by atoms with Gasteiger partial charge in [-0.3, -0.25) is 4.90 Å². The van der Waals surface area contributed by atoms with E-state index in [0.29, 0.717) is 0 Å². The van der Waals surface area contributed by atoms with Crippen molar-refractivity contribution in [1.29, 1.82) is 0 Å². The van der Waals surface area contributed by atoms with Crippen molar-refractivity contribution in [2.24, 2.45) is 0 Å². The molecule has 1 aliphatic rings. The van der Waals surface area contributed by atoms with E-state index in [9.17, 15) is 4.79 Å². The maximum Gasteiger partial charge on any atom is 0.331 e. The standard InChI is InChI=1S/C20H23N.C4H6O3/c1-20(2,21-14-6-3-7-15-21)13-12-17-10-11-18-8-4-5-9-19(18)16-17;1-7-3-2-4(5)6/h4-5,8-11,16H,3,6-7,14-15H2,1-2H3;2-3H,1H3,(H,5,6). The first-order chi connectivity index (χ1) is 13.4. The molecule has 4 nitrogen and oxygen atoms in total. The van der Waals surface area contributed by atoms with Crippen molar-refractivity contribution in [2.45, 2.75) is 38.6 Å². The monoisotopic (exact) mass is 379 g/mol. The fourth-order valence-electron chi connectivity index (χ4n) is 3.15. The number of hydrogen-bond donors (Lipinski definition) is 1. The molecule has 0 amide bonds. The molecule has 148 valence electrons. The van der Waals surface area contributed by atoms with Crippen LogP contribution >= 0.6 is 0 Å². The smallest absolute Gasteiger partial charge is 0.331 e. The molecule has 1 N–H and O–H groups in total. The molecule has 2 aromatic rings. The third-order valence-electron chi connectivity index (χ3n) is 4.76. The Bertz CT molecular complexity index is 868. The number of rotatable bonds is 3. The van der Waals surface area contributed by atoms with Crippen LogP contribution in [0, 0.1) is 11.8 Å². The molecule has 0 atom stereocenters. The van der Waals surface area contributed by atoms with Crippen molar-refractivity contribution in [3.05, 3.63) is 60.4 Å². The van der Waals surface area contributed by atoms with Crippen LogP contribution in [0.2, 0.25) is 0 Å². The zero-order valence-electron chi connectivity index (χ0n) is 16.9. The molecule has 0 aliphatic carbocycles. The van der Waals surface area contributed by atoms with Crippen LogP contribution in [0.15, 0.2) is 54.8 Å². The predicted molar refractivity (Wildman–Crippen MR) is 114 cm³/mol. The maximum atomic E-state index is 9.59. The Kier molecular flexibility index (Phi) is 8.10. The van der Waals surface area contributed by atoms with Gasteiger partial charge in [0, 0.05) is 5.56 Å². The van der Waals surface area contributed by atoms with Crippen molar-refractivity contribution in [2.75, 3.05) is 20.2 Å². The third kappa shape index (κ3) is 6.75. The minimum Gasteiger partial charge on any atom is -0.504 e. The van der Waals surface area contributed by atoms with Crippen molar-refractivity contribution in [3.8, 4) is 11.8 Å². The molecule has 1 saturated heterocycles. The van der Waals surface area contributed by atoms with Gasteiger partial charge in [-0.05, 0) is 62.7 Å². The van der Waals surface area contributed by atoms with E-state index in [1.807, 2.05) is 0 Å². The molecule has 2 aromatic carbocycles. The van der Waals surface area contributed by atoms with Crippen molar-refractivity contribution >= 4 is 16.7 Å². The number of carboxylic acids is 1. The number of likely N-dealkylation sites (tertiary alicyclic amines) is 1. The van der Waals surface area contributed by atoms with Gasteiger partial charge in [0.2, 0.25) is 0 Å². The van der Waals surface area contributed by atoms with Crippen LogP contribution in [-0.4, -0.2) is 41.7 Å². The molecule has 1 aliphatic heterocycles. The summed E-state index contributed by atoms with van der Waals surface area (Å²) in [6.45, 7) is 6.84. The summed E-state index contributed by atoms with van der Waals surface area (Å²) in [6, 6.07) is 14.9. The quantitative estimate of drug-likeness (QED) is 0.478. The fraction of sp³-hybridized carbons (Fsp3) is 0.375. The minimum atomic E-state index is -0.998. The molecule has 0 saturated carbocycles. The highest BCUT2D eigenvalue weighted by Crippen LogP contribution is 2.20. The fourth-order valence-corrected chi connectivity index (χ4v) is 3.15. The van der Waals surface area contributed by atoms with Crippen LogP contribution in [0.3, 0.4) is 0 Å². The summed E-state index contributed by atoms with van der Waals surface area (Å²) in [6.07, 6.45) is 6.00. The molecule has 0 radical (unpaired) electrons. The number of hydrogen-bond acceptors (Lipinski definition) is 3. The second-order valence-corrected chi connectivity index (χ2v) is 7.30. The number of piperidine rings is 1. The average Bonchev–Trinajstić information content (AvgIpc) is 2.72. The first-order valence-electron chi connectivity index (χ1n) is 9.62. The summed E-state index contributed by atoms with van der Waals surface area (Å²) >= 11 is 0. The van der Waals surface area contributed by atoms with Gasteiger partial charge in [0.15, 0.2) is 0 Å². The number of methoxy groups -OCH3 is 1. The molecular formula is C24H29NO3. The number of carboxylic acid groups (broad SMARTS) is 1. The lowest BCUT2D eigenvalue weighted by Crippen LogP contribution is -2.45. The zero-order chi connectivity index (χ0) is 20.4. The van der Waals surface area contributed by atoms with Crippen molar-refractivity contribution < 1.29 is 14.6 Å². The van der Waals surface area contributed by atoms with Gasteiger partial charge >= 0.3 is 5.97 Å². The number of nitrogens with zero attached hydrogens (tertiary/aromatic N) is 1. The van der Waals surface area contributed by atoms with Gasteiger partial charge in [0.05, 0.1) is 25.0 Å². The second-order valence-electron chi connectivity index (χ2n) is 7.30. The van der Waals surface area contributed by atoms with Gasteiger partial charge in [-0.2, -0.15) is 0 Å². The number of ether oxygens (including phenoxy) is 1. The normalized spacial score (nSPS) is 14.7. The Morgan fingerprint density at radius 2 is 1.79 bits per heavy atom. The molecule has 0 bridgehead atoms. The molecule has 0 unspecified atom stereocenters. The Balaban J connectivity index is 0.000000345. The average molecular weight is 380 g/mol. The van der Waals surface area contributed by atoms with Crippen LogP contribution < -0.4 is 0 Å². The van der Waals surface area contributed by atoms with Crippen molar-refractivity contribution in [1.82, 2.24) is 4.90 Å². The summed E-state index contributed by atoms with van der Waals surface area (Å²) in [5.74, 6) is 5.87. The SMILES string of the molecule is CC(C)(C#Cc1ccc2ccccc2c1)N1CCCCC1.COC=CC(=O)O. The van der Waals surface area contributed by atoms with Gasteiger partial charge in [-0.25, -0.2) is 4.79 Å². The van der Waals surface area contributed by atoms with Crippen LogP contribution in [0.25, 0.3) is 10.8 Å². The van der Waals surface area contributed by atoms with Gasteiger partial charge in [0.1, 0.15) is 0 Å². The number of fused-ring (bicyclic) bond motifs is 1. The van der Waals surface area contributed by atoms with Crippen LogP contribution in [0.4, 0.5) is 0 Å². The first-order valence-corrected chi connectivity index (χ1v) is 9.62. The molecule has 0 spiro atoms. The second kappa shape index (κ2) is 10.5. The number of carbonyl (C=O) groups is 1. The van der Waals surface area contributed by atoms with E-state index >= 15 is 0 Å². The summed E-state index contributed by atoms with van der Waals surface area (Å²) in [7, 11) is 1.39. The van der Waals surface area contributed by atoms with E-state index in [0.717, 1.165) is 17.9 Å². The highest BCUT2D eigenvalue weighted by Gasteiger charge is 2.25. The molecule has 0 aromatic heterocycles. The molecule has 1 fully saturated rings. The molecular weight excluding hydrogens is 350 g/mol. The molecule has 4 heteroatoms. The van der Waals surface area contributed by atoms with Gasteiger partial charge in [-0.15, -0.1) is 0 Å². The summed E-state index contributed by atoms with van der Waals surface area (Å²) in [4.78, 5) is 12.1. The summed E-state index contributed by atoms with van der Waals surface area (Å²) in [5, 5.41) is 10.4. The van der Waals surface area contributed by atoms with E-state index in [1.54, 1.807) is 0 Å². The van der Waals surface area contributed by atoms with Crippen molar-refractivity contribution in [3.63, 3.8) is 0 Å². The minimum absolute atomic E-state index is 0.0356. The lowest BCUT2D eigenvalue weighted by atomic mass is 9.98. The lowest BCUT2D eigenvalue weighted by molar-refractivity contribution is -0.131. The highest BCUT2D eigenvalue weighted by atomic mass is 16.5. The van der Waals surface area contributed by atoms with Gasteiger partial charge < -0.3 is 9.84 Å². The molecule has 1 heterocycles. The predicted octanol–water partition coefficient (Wildman–Crippen LogP) is 4.69. The Labute approximate surface area is 167 Å².